The van der Waals surface area contributed by atoms with Crippen LogP contribution >= 0.6 is 23.4 Å². The van der Waals surface area contributed by atoms with Gasteiger partial charge in [-0.1, -0.05) is 54.1 Å². The minimum absolute atomic E-state index is 0.178. The molecule has 0 aliphatic carbocycles. The van der Waals surface area contributed by atoms with Gasteiger partial charge in [0, 0.05) is 16.5 Å². The van der Waals surface area contributed by atoms with Crippen LogP contribution in [-0.4, -0.2) is 17.6 Å². The highest BCUT2D eigenvalue weighted by atomic mass is 35.5. The first-order chi connectivity index (χ1) is 13.6. The van der Waals surface area contributed by atoms with Crippen molar-refractivity contribution in [1.82, 2.24) is 5.32 Å². The number of hydrogen-bond acceptors (Lipinski definition) is 3. The minimum Gasteiger partial charge on any atom is -0.348 e. The molecule has 28 heavy (non-hydrogen) atoms. The Kier molecular flexibility index (Phi) is 7.12. The van der Waals surface area contributed by atoms with E-state index in [1.165, 1.54) is 11.8 Å². The molecule has 0 spiro atoms. The van der Waals surface area contributed by atoms with Crippen LogP contribution in [0.25, 0.3) is 0 Å². The Morgan fingerprint density at radius 3 is 2.29 bits per heavy atom. The number of amides is 2. The van der Waals surface area contributed by atoms with Crippen molar-refractivity contribution in [3.63, 3.8) is 0 Å². The Morgan fingerprint density at radius 2 is 1.54 bits per heavy atom. The van der Waals surface area contributed by atoms with Crippen molar-refractivity contribution < 1.29 is 9.59 Å². The van der Waals surface area contributed by atoms with Gasteiger partial charge in [0.15, 0.2) is 0 Å². The third-order valence-electron chi connectivity index (χ3n) is 3.93. The number of benzene rings is 3. The Bertz CT molecular complexity index is 946. The molecule has 3 aromatic rings. The summed E-state index contributed by atoms with van der Waals surface area (Å²) < 4.78 is 0. The number of para-hydroxylation sites is 1. The van der Waals surface area contributed by atoms with Crippen molar-refractivity contribution in [2.45, 2.75) is 11.4 Å². The maximum atomic E-state index is 12.6. The van der Waals surface area contributed by atoms with E-state index in [1.807, 2.05) is 42.5 Å². The first-order valence-corrected chi connectivity index (χ1v) is 10.1. The van der Waals surface area contributed by atoms with Gasteiger partial charge in [-0.15, -0.1) is 11.8 Å². The fourth-order valence-corrected chi connectivity index (χ4v) is 3.35. The number of rotatable bonds is 7. The first kappa shape index (κ1) is 20.0. The van der Waals surface area contributed by atoms with Crippen LogP contribution in [0.5, 0.6) is 0 Å². The van der Waals surface area contributed by atoms with E-state index in [4.69, 9.17) is 11.6 Å². The summed E-state index contributed by atoms with van der Waals surface area (Å²) in [5.74, 6) is -0.171. The van der Waals surface area contributed by atoms with Crippen molar-refractivity contribution in [3.8, 4) is 0 Å². The van der Waals surface area contributed by atoms with E-state index in [0.29, 0.717) is 22.8 Å². The number of halogens is 1. The van der Waals surface area contributed by atoms with Crippen molar-refractivity contribution in [2.24, 2.45) is 0 Å². The van der Waals surface area contributed by atoms with E-state index in [0.717, 1.165) is 10.5 Å². The molecule has 0 aromatic heterocycles. The van der Waals surface area contributed by atoms with E-state index >= 15 is 0 Å². The highest BCUT2D eigenvalue weighted by Crippen LogP contribution is 2.21. The average molecular weight is 411 g/mol. The van der Waals surface area contributed by atoms with E-state index in [2.05, 4.69) is 10.6 Å². The molecule has 4 nitrogen and oxygen atoms in total. The highest BCUT2D eigenvalue weighted by molar-refractivity contribution is 8.00. The molecule has 0 aliphatic heterocycles. The quantitative estimate of drug-likeness (QED) is 0.539. The van der Waals surface area contributed by atoms with Gasteiger partial charge >= 0.3 is 0 Å². The predicted molar refractivity (Wildman–Crippen MR) is 115 cm³/mol. The van der Waals surface area contributed by atoms with Crippen molar-refractivity contribution >= 4 is 40.9 Å². The SMILES string of the molecule is O=C(CSc1ccc(Cl)cc1)Nc1ccccc1C(=O)NCc1ccccc1. The molecule has 0 bridgehead atoms. The van der Waals surface area contributed by atoms with Crippen molar-refractivity contribution in [3.05, 3.63) is 95.0 Å². The lowest BCUT2D eigenvalue weighted by Crippen LogP contribution is -2.25. The fraction of sp³-hybridized carbons (Fsp3) is 0.0909. The zero-order chi connectivity index (χ0) is 19.8. The largest absolute Gasteiger partial charge is 0.348 e. The average Bonchev–Trinajstić information content (AvgIpc) is 2.73. The molecule has 0 atom stereocenters. The molecule has 0 radical (unpaired) electrons. The lowest BCUT2D eigenvalue weighted by atomic mass is 10.1. The molecular weight excluding hydrogens is 392 g/mol. The maximum absolute atomic E-state index is 12.6. The summed E-state index contributed by atoms with van der Waals surface area (Å²) in [7, 11) is 0. The molecule has 0 unspecified atom stereocenters. The summed E-state index contributed by atoms with van der Waals surface area (Å²) in [4.78, 5) is 25.8. The maximum Gasteiger partial charge on any atom is 0.253 e. The van der Waals surface area contributed by atoms with Gasteiger partial charge in [0.25, 0.3) is 5.91 Å². The van der Waals surface area contributed by atoms with Crippen molar-refractivity contribution in [1.29, 1.82) is 0 Å². The Morgan fingerprint density at radius 1 is 0.857 bits per heavy atom. The summed E-state index contributed by atoms with van der Waals surface area (Å²) >= 11 is 7.27. The van der Waals surface area contributed by atoms with Gasteiger partial charge in [-0.2, -0.15) is 0 Å². The van der Waals surface area contributed by atoms with Gasteiger partial charge in [-0.25, -0.2) is 0 Å². The van der Waals surface area contributed by atoms with Crippen LogP contribution in [0.2, 0.25) is 5.02 Å². The standard InChI is InChI=1S/C22H19ClN2O2S/c23-17-10-12-18(13-11-17)28-15-21(26)25-20-9-5-4-8-19(20)22(27)24-14-16-6-2-1-3-7-16/h1-13H,14-15H2,(H,24,27)(H,25,26). The van der Waals surface area contributed by atoms with Gasteiger partial charge < -0.3 is 10.6 Å². The molecule has 0 heterocycles. The molecular formula is C22H19ClN2O2S. The Labute approximate surface area is 173 Å². The molecule has 2 N–H and O–H groups in total. The molecule has 142 valence electrons. The summed E-state index contributed by atoms with van der Waals surface area (Å²) in [6.07, 6.45) is 0. The van der Waals surface area contributed by atoms with Gasteiger partial charge in [-0.3, -0.25) is 9.59 Å². The molecule has 0 aliphatic rings. The van der Waals surface area contributed by atoms with Crippen LogP contribution in [0.4, 0.5) is 5.69 Å². The predicted octanol–water partition coefficient (Wildman–Crippen LogP) is 5.00. The second-order valence-electron chi connectivity index (χ2n) is 6.00. The first-order valence-electron chi connectivity index (χ1n) is 8.71. The van der Waals surface area contributed by atoms with Crippen molar-refractivity contribution in [2.75, 3.05) is 11.1 Å². The van der Waals surface area contributed by atoms with Gasteiger partial charge in [0.1, 0.15) is 0 Å². The zero-order valence-electron chi connectivity index (χ0n) is 15.0. The summed E-state index contributed by atoms with van der Waals surface area (Å²) in [5, 5.41) is 6.37. The van der Waals surface area contributed by atoms with Gasteiger partial charge in [-0.05, 0) is 42.0 Å². The van der Waals surface area contributed by atoms with E-state index in [1.54, 1.807) is 36.4 Å². The lowest BCUT2D eigenvalue weighted by Gasteiger charge is -2.11. The smallest absolute Gasteiger partial charge is 0.253 e. The second kappa shape index (κ2) is 9.97. The minimum atomic E-state index is -0.231. The number of hydrogen-bond donors (Lipinski definition) is 2. The summed E-state index contributed by atoms with van der Waals surface area (Å²) in [6.45, 7) is 0.425. The van der Waals surface area contributed by atoms with Crippen LogP contribution in [0.15, 0.2) is 83.8 Å². The molecule has 6 heteroatoms. The number of thioether (sulfide) groups is 1. The Hall–Kier alpha value is -2.76. The van der Waals surface area contributed by atoms with E-state index < -0.39 is 0 Å². The number of anilines is 1. The monoisotopic (exact) mass is 410 g/mol. The molecule has 3 rings (SSSR count). The fourth-order valence-electron chi connectivity index (χ4n) is 2.53. The van der Waals surface area contributed by atoms with E-state index in [9.17, 15) is 9.59 Å². The second-order valence-corrected chi connectivity index (χ2v) is 7.49. The molecule has 0 saturated carbocycles. The highest BCUT2D eigenvalue weighted by Gasteiger charge is 2.13. The molecule has 3 aromatic carbocycles. The van der Waals surface area contributed by atoms with Crippen LogP contribution in [0, 0.1) is 0 Å². The molecule has 0 fully saturated rings. The Balaban J connectivity index is 1.58. The van der Waals surface area contributed by atoms with Gasteiger partial charge in [0.05, 0.1) is 17.0 Å². The number of nitrogens with one attached hydrogen (secondary N) is 2. The topological polar surface area (TPSA) is 58.2 Å². The summed E-state index contributed by atoms with van der Waals surface area (Å²) in [5.41, 5.74) is 1.94. The lowest BCUT2D eigenvalue weighted by molar-refractivity contribution is -0.113. The normalized spacial score (nSPS) is 10.3. The van der Waals surface area contributed by atoms with Crippen LogP contribution in [0.1, 0.15) is 15.9 Å². The van der Waals surface area contributed by atoms with Crippen LogP contribution in [0.3, 0.4) is 0 Å². The molecule has 2 amide bonds. The van der Waals surface area contributed by atoms with E-state index in [-0.39, 0.29) is 17.6 Å². The van der Waals surface area contributed by atoms with Gasteiger partial charge in [0.2, 0.25) is 5.91 Å². The summed E-state index contributed by atoms with van der Waals surface area (Å²) in [6, 6.07) is 24.0. The van der Waals surface area contributed by atoms with Crippen LogP contribution < -0.4 is 10.6 Å². The third kappa shape index (κ3) is 5.87. The number of carbonyl (C=O) groups excluding carboxylic acids is 2. The zero-order valence-corrected chi connectivity index (χ0v) is 16.6. The third-order valence-corrected chi connectivity index (χ3v) is 5.19. The van der Waals surface area contributed by atoms with Crippen LogP contribution in [-0.2, 0) is 11.3 Å². The molecule has 0 saturated heterocycles. The number of carbonyl (C=O) groups is 2.